The van der Waals surface area contributed by atoms with E-state index in [1.807, 2.05) is 24.3 Å². The van der Waals surface area contributed by atoms with E-state index in [4.69, 9.17) is 20.2 Å². The molecule has 0 amide bonds. The first-order chi connectivity index (χ1) is 11.7. The molecule has 1 aromatic rings. The van der Waals surface area contributed by atoms with Crippen molar-refractivity contribution in [1.82, 2.24) is 0 Å². The van der Waals surface area contributed by atoms with E-state index in [0.717, 1.165) is 24.5 Å². The van der Waals surface area contributed by atoms with Crippen LogP contribution in [0.2, 0.25) is 0 Å². The van der Waals surface area contributed by atoms with Gasteiger partial charge in [0.15, 0.2) is 5.96 Å². The molecule has 2 unspecified atom stereocenters. The summed E-state index contributed by atoms with van der Waals surface area (Å²) in [6.07, 6.45) is 7.65. The van der Waals surface area contributed by atoms with Crippen LogP contribution in [-0.4, -0.2) is 31.8 Å². The largest absolute Gasteiger partial charge is 0.497 e. The van der Waals surface area contributed by atoms with Gasteiger partial charge in [0, 0.05) is 17.7 Å². The molecular weight excluding hydrogens is 429 g/mol. The van der Waals surface area contributed by atoms with Crippen molar-refractivity contribution in [3.05, 3.63) is 24.3 Å². The quantitative estimate of drug-likeness (QED) is 0.394. The highest BCUT2D eigenvalue weighted by Crippen LogP contribution is 2.54. The SMILES string of the molecule is CCOC1CC(N=C(N)Nc2ccc(OC)cc2)C12CCCCC2.I. The summed E-state index contributed by atoms with van der Waals surface area (Å²) in [4.78, 5) is 4.80. The smallest absolute Gasteiger partial charge is 0.193 e. The van der Waals surface area contributed by atoms with Crippen LogP contribution < -0.4 is 15.8 Å². The number of benzene rings is 1. The fourth-order valence-electron chi connectivity index (χ4n) is 4.23. The van der Waals surface area contributed by atoms with Crippen LogP contribution in [-0.2, 0) is 4.74 Å². The number of methoxy groups -OCH3 is 1. The minimum Gasteiger partial charge on any atom is -0.497 e. The first-order valence-electron chi connectivity index (χ1n) is 9.04. The number of ether oxygens (including phenoxy) is 2. The summed E-state index contributed by atoms with van der Waals surface area (Å²) in [5.74, 6) is 1.32. The van der Waals surface area contributed by atoms with Crippen molar-refractivity contribution in [2.24, 2.45) is 16.1 Å². The number of rotatable bonds is 5. The second-order valence-corrected chi connectivity index (χ2v) is 6.86. The van der Waals surface area contributed by atoms with Gasteiger partial charge in [-0.25, -0.2) is 4.99 Å². The number of anilines is 1. The first kappa shape index (κ1) is 20.3. The van der Waals surface area contributed by atoms with Crippen LogP contribution in [0.3, 0.4) is 0 Å². The summed E-state index contributed by atoms with van der Waals surface area (Å²) in [5.41, 5.74) is 7.30. The van der Waals surface area contributed by atoms with Gasteiger partial charge in [-0.1, -0.05) is 19.3 Å². The molecule has 5 nitrogen and oxygen atoms in total. The van der Waals surface area contributed by atoms with Crippen LogP contribution in [0, 0.1) is 5.41 Å². The molecule has 0 heterocycles. The van der Waals surface area contributed by atoms with Crippen molar-refractivity contribution in [2.45, 2.75) is 57.6 Å². The fraction of sp³-hybridized carbons (Fsp3) is 0.632. The predicted octanol–water partition coefficient (Wildman–Crippen LogP) is 4.17. The van der Waals surface area contributed by atoms with Gasteiger partial charge in [0.1, 0.15) is 5.75 Å². The third-order valence-electron chi connectivity index (χ3n) is 5.55. The van der Waals surface area contributed by atoms with E-state index < -0.39 is 0 Å². The van der Waals surface area contributed by atoms with E-state index in [-0.39, 0.29) is 35.4 Å². The van der Waals surface area contributed by atoms with Gasteiger partial charge in [-0.3, -0.25) is 0 Å². The van der Waals surface area contributed by atoms with E-state index in [1.54, 1.807) is 7.11 Å². The van der Waals surface area contributed by atoms with Gasteiger partial charge in [-0.05, 0) is 50.5 Å². The summed E-state index contributed by atoms with van der Waals surface area (Å²) in [6.45, 7) is 2.86. The van der Waals surface area contributed by atoms with Gasteiger partial charge in [0.25, 0.3) is 0 Å². The second-order valence-electron chi connectivity index (χ2n) is 6.86. The van der Waals surface area contributed by atoms with Crippen LogP contribution in [0.25, 0.3) is 0 Å². The molecule has 140 valence electrons. The zero-order valence-electron chi connectivity index (χ0n) is 15.2. The molecule has 3 rings (SSSR count). The van der Waals surface area contributed by atoms with E-state index in [1.165, 1.54) is 32.1 Å². The van der Waals surface area contributed by atoms with Crippen LogP contribution in [0.15, 0.2) is 29.3 Å². The average molecular weight is 459 g/mol. The lowest BCUT2D eigenvalue weighted by Crippen LogP contribution is -2.58. The van der Waals surface area contributed by atoms with Gasteiger partial charge >= 0.3 is 0 Å². The van der Waals surface area contributed by atoms with E-state index >= 15 is 0 Å². The van der Waals surface area contributed by atoms with Crippen molar-refractivity contribution in [3.8, 4) is 5.75 Å². The maximum Gasteiger partial charge on any atom is 0.193 e. The maximum absolute atomic E-state index is 6.16. The van der Waals surface area contributed by atoms with Gasteiger partial charge in [0.05, 0.1) is 19.3 Å². The Balaban J connectivity index is 0.00000225. The predicted molar refractivity (Wildman–Crippen MR) is 113 cm³/mol. The number of nitrogens with one attached hydrogen (secondary N) is 1. The molecular formula is C19H30IN3O2. The maximum atomic E-state index is 6.16. The molecule has 2 fully saturated rings. The monoisotopic (exact) mass is 459 g/mol. The fourth-order valence-corrected chi connectivity index (χ4v) is 4.23. The summed E-state index contributed by atoms with van der Waals surface area (Å²) in [7, 11) is 1.66. The molecule has 2 saturated carbocycles. The molecule has 0 aromatic heterocycles. The highest BCUT2D eigenvalue weighted by Gasteiger charge is 2.55. The molecule has 6 heteroatoms. The van der Waals surface area contributed by atoms with Crippen LogP contribution in [0.4, 0.5) is 5.69 Å². The van der Waals surface area contributed by atoms with Crippen LogP contribution >= 0.6 is 24.0 Å². The standard InChI is InChI=1S/C19H29N3O2.HI/c1-3-24-17-13-16(19(17)11-5-4-6-12-19)22-18(20)21-14-7-9-15(23-2)10-8-14;/h7-10,16-17H,3-6,11-13H2,1-2H3,(H3,20,21,22);1H. The molecule has 2 aliphatic carbocycles. The number of hydrogen-bond donors (Lipinski definition) is 2. The molecule has 0 saturated heterocycles. The molecule has 3 N–H and O–H groups in total. The molecule has 1 spiro atoms. The molecule has 2 atom stereocenters. The Morgan fingerprint density at radius 1 is 1.24 bits per heavy atom. The molecule has 2 aliphatic rings. The van der Waals surface area contributed by atoms with Crippen LogP contribution in [0.1, 0.15) is 45.4 Å². The molecule has 0 bridgehead atoms. The number of aliphatic imine (C=N–C) groups is 1. The van der Waals surface area contributed by atoms with Crippen molar-refractivity contribution in [1.29, 1.82) is 0 Å². The Labute approximate surface area is 167 Å². The lowest BCUT2D eigenvalue weighted by Gasteiger charge is -2.55. The third kappa shape index (κ3) is 4.39. The first-order valence-corrected chi connectivity index (χ1v) is 9.04. The summed E-state index contributed by atoms with van der Waals surface area (Å²) < 4.78 is 11.2. The zero-order valence-corrected chi connectivity index (χ0v) is 17.5. The van der Waals surface area contributed by atoms with Gasteiger partial charge < -0.3 is 20.5 Å². The Kier molecular flexibility index (Phi) is 7.37. The Morgan fingerprint density at radius 2 is 1.92 bits per heavy atom. The number of halogens is 1. The highest BCUT2D eigenvalue weighted by molar-refractivity contribution is 14.0. The molecule has 0 aliphatic heterocycles. The molecule has 1 aromatic carbocycles. The van der Waals surface area contributed by atoms with Gasteiger partial charge in [-0.15, -0.1) is 24.0 Å². The summed E-state index contributed by atoms with van der Waals surface area (Å²) >= 11 is 0. The lowest BCUT2D eigenvalue weighted by atomic mass is 9.55. The molecule has 25 heavy (non-hydrogen) atoms. The minimum absolute atomic E-state index is 0. The number of nitrogens with zero attached hydrogens (tertiary/aromatic N) is 1. The summed E-state index contributed by atoms with van der Waals surface area (Å²) in [6, 6.07) is 7.99. The number of nitrogens with two attached hydrogens (primary N) is 1. The molecule has 0 radical (unpaired) electrons. The number of guanidine groups is 1. The average Bonchev–Trinajstić information content (AvgIpc) is 2.62. The highest BCUT2D eigenvalue weighted by atomic mass is 127. The Bertz CT molecular complexity index is 571. The van der Waals surface area contributed by atoms with E-state index in [2.05, 4.69) is 12.2 Å². The van der Waals surface area contributed by atoms with Gasteiger partial charge in [-0.2, -0.15) is 0 Å². The van der Waals surface area contributed by atoms with Crippen molar-refractivity contribution >= 4 is 35.6 Å². The zero-order chi connectivity index (χ0) is 17.0. The van der Waals surface area contributed by atoms with Crippen molar-refractivity contribution in [3.63, 3.8) is 0 Å². The van der Waals surface area contributed by atoms with E-state index in [9.17, 15) is 0 Å². The van der Waals surface area contributed by atoms with Crippen molar-refractivity contribution in [2.75, 3.05) is 19.0 Å². The normalized spacial score (nSPS) is 25.0. The van der Waals surface area contributed by atoms with Crippen molar-refractivity contribution < 1.29 is 9.47 Å². The second kappa shape index (κ2) is 9.07. The lowest BCUT2D eigenvalue weighted by molar-refractivity contribution is -0.139. The minimum atomic E-state index is 0. The Morgan fingerprint density at radius 3 is 2.52 bits per heavy atom. The number of hydrogen-bond acceptors (Lipinski definition) is 3. The topological polar surface area (TPSA) is 68.9 Å². The summed E-state index contributed by atoms with van der Waals surface area (Å²) in [5, 5.41) is 3.19. The van der Waals surface area contributed by atoms with E-state index in [0.29, 0.717) is 12.1 Å². The Hall–Kier alpha value is -1.02. The van der Waals surface area contributed by atoms with Crippen LogP contribution in [0.5, 0.6) is 5.75 Å². The van der Waals surface area contributed by atoms with Gasteiger partial charge in [0.2, 0.25) is 0 Å². The third-order valence-corrected chi connectivity index (χ3v) is 5.55.